The summed E-state index contributed by atoms with van der Waals surface area (Å²) in [6.07, 6.45) is 5.37. The number of carboxylic acid groups (broad SMARTS) is 1. The molecule has 1 saturated heterocycles. The van der Waals surface area contributed by atoms with E-state index in [0.717, 1.165) is 37.7 Å². The Bertz CT molecular complexity index is 629. The number of aliphatic carboxylic acids is 1. The Balaban J connectivity index is 1.74. The molecule has 0 radical (unpaired) electrons. The molecule has 0 saturated carbocycles. The standard InChI is InChI=1S/C19H26N2O5/c22-15-11-9-14(10-12-15)6-5-13-21-16(18(25)20-19(21)26)7-3-1-2-4-8-17(23)24/h9-12,16,22H,1-8,13H2,(H,23,24)(H,20,25,26). The molecule has 142 valence electrons. The normalized spacial score (nSPS) is 16.8. The highest BCUT2D eigenvalue weighted by atomic mass is 16.4. The Morgan fingerprint density at radius 2 is 1.73 bits per heavy atom. The zero-order valence-corrected chi connectivity index (χ0v) is 14.8. The first kappa shape index (κ1) is 19.8. The van der Waals surface area contributed by atoms with E-state index in [1.807, 2.05) is 12.1 Å². The number of urea groups is 1. The summed E-state index contributed by atoms with van der Waals surface area (Å²) >= 11 is 0. The van der Waals surface area contributed by atoms with Gasteiger partial charge in [0.05, 0.1) is 0 Å². The number of phenolic OH excluding ortho intramolecular Hbond substituents is 1. The maximum absolute atomic E-state index is 12.0. The van der Waals surface area contributed by atoms with Gasteiger partial charge in [0.15, 0.2) is 0 Å². The molecule has 7 nitrogen and oxygen atoms in total. The Labute approximate surface area is 153 Å². The van der Waals surface area contributed by atoms with Crippen molar-refractivity contribution in [3.63, 3.8) is 0 Å². The minimum absolute atomic E-state index is 0.172. The molecule has 3 amide bonds. The number of rotatable bonds is 11. The molecular weight excluding hydrogens is 336 g/mol. The van der Waals surface area contributed by atoms with Crippen molar-refractivity contribution in [1.82, 2.24) is 10.2 Å². The molecule has 1 aromatic rings. The molecule has 1 fully saturated rings. The highest BCUT2D eigenvalue weighted by Gasteiger charge is 2.37. The minimum Gasteiger partial charge on any atom is -0.508 e. The van der Waals surface area contributed by atoms with E-state index in [-0.39, 0.29) is 24.1 Å². The van der Waals surface area contributed by atoms with Gasteiger partial charge in [-0.2, -0.15) is 0 Å². The van der Waals surface area contributed by atoms with Crippen LogP contribution >= 0.6 is 0 Å². The van der Waals surface area contributed by atoms with Crippen molar-refractivity contribution in [2.75, 3.05) is 6.54 Å². The molecule has 0 bridgehead atoms. The van der Waals surface area contributed by atoms with Gasteiger partial charge < -0.3 is 15.1 Å². The lowest BCUT2D eigenvalue weighted by molar-refractivity contribution is -0.137. The molecule has 7 heteroatoms. The number of phenols is 1. The quantitative estimate of drug-likeness (QED) is 0.414. The van der Waals surface area contributed by atoms with E-state index in [9.17, 15) is 19.5 Å². The van der Waals surface area contributed by atoms with Crippen molar-refractivity contribution in [2.45, 2.75) is 57.4 Å². The summed E-state index contributed by atoms with van der Waals surface area (Å²) in [4.78, 5) is 36.1. The number of carbonyl (C=O) groups is 3. The van der Waals surface area contributed by atoms with Crippen LogP contribution in [0.15, 0.2) is 24.3 Å². The molecule has 1 aliphatic heterocycles. The Morgan fingerprint density at radius 3 is 2.42 bits per heavy atom. The first-order valence-corrected chi connectivity index (χ1v) is 9.08. The minimum atomic E-state index is -0.787. The molecule has 1 aliphatic rings. The second-order valence-corrected chi connectivity index (χ2v) is 6.62. The fourth-order valence-electron chi connectivity index (χ4n) is 3.17. The Kier molecular flexibility index (Phi) is 7.44. The highest BCUT2D eigenvalue weighted by molar-refractivity contribution is 6.04. The number of nitrogens with one attached hydrogen (secondary N) is 1. The van der Waals surface area contributed by atoms with Gasteiger partial charge in [0.1, 0.15) is 11.8 Å². The molecule has 0 spiro atoms. The Hall–Kier alpha value is -2.57. The first-order valence-electron chi connectivity index (χ1n) is 9.08. The number of aromatic hydroxyl groups is 1. The average molecular weight is 362 g/mol. The van der Waals surface area contributed by atoms with Gasteiger partial charge in [0.25, 0.3) is 5.91 Å². The van der Waals surface area contributed by atoms with E-state index >= 15 is 0 Å². The van der Waals surface area contributed by atoms with Crippen LogP contribution in [0.25, 0.3) is 0 Å². The number of unbranched alkanes of at least 4 members (excludes halogenated alkanes) is 3. The highest BCUT2D eigenvalue weighted by Crippen LogP contribution is 2.18. The van der Waals surface area contributed by atoms with Gasteiger partial charge in [-0.05, 0) is 43.4 Å². The molecule has 1 atom stereocenters. The molecule has 1 aromatic carbocycles. The zero-order valence-electron chi connectivity index (χ0n) is 14.8. The zero-order chi connectivity index (χ0) is 18.9. The van der Waals surface area contributed by atoms with E-state index < -0.39 is 12.0 Å². The van der Waals surface area contributed by atoms with Gasteiger partial charge >= 0.3 is 12.0 Å². The van der Waals surface area contributed by atoms with E-state index in [0.29, 0.717) is 19.4 Å². The third-order valence-electron chi connectivity index (χ3n) is 4.59. The van der Waals surface area contributed by atoms with E-state index in [4.69, 9.17) is 5.11 Å². The van der Waals surface area contributed by atoms with Crippen LogP contribution in [0, 0.1) is 0 Å². The summed E-state index contributed by atoms with van der Waals surface area (Å²) in [5.41, 5.74) is 1.07. The average Bonchev–Trinajstić information content (AvgIpc) is 2.86. The lowest BCUT2D eigenvalue weighted by atomic mass is 10.0. The predicted octanol–water partition coefficient (Wildman–Crippen LogP) is 2.67. The van der Waals surface area contributed by atoms with Crippen LogP contribution in [-0.2, 0) is 16.0 Å². The van der Waals surface area contributed by atoms with Gasteiger partial charge in [0, 0.05) is 13.0 Å². The largest absolute Gasteiger partial charge is 0.508 e. The van der Waals surface area contributed by atoms with Gasteiger partial charge in [-0.15, -0.1) is 0 Å². The van der Waals surface area contributed by atoms with Crippen molar-refractivity contribution in [3.8, 4) is 5.75 Å². The Morgan fingerprint density at radius 1 is 1.04 bits per heavy atom. The number of amides is 3. The second-order valence-electron chi connectivity index (χ2n) is 6.62. The van der Waals surface area contributed by atoms with Gasteiger partial charge in [0.2, 0.25) is 0 Å². The molecule has 26 heavy (non-hydrogen) atoms. The maximum Gasteiger partial charge on any atom is 0.324 e. The van der Waals surface area contributed by atoms with Crippen LogP contribution < -0.4 is 5.32 Å². The lowest BCUT2D eigenvalue weighted by Crippen LogP contribution is -2.36. The van der Waals surface area contributed by atoms with Crippen LogP contribution in [0.1, 0.15) is 50.5 Å². The number of imide groups is 1. The van der Waals surface area contributed by atoms with Crippen LogP contribution in [0.2, 0.25) is 0 Å². The number of hydrogen-bond acceptors (Lipinski definition) is 4. The predicted molar refractivity (Wildman–Crippen MR) is 95.8 cm³/mol. The number of nitrogens with zero attached hydrogens (tertiary/aromatic N) is 1. The fraction of sp³-hybridized carbons (Fsp3) is 0.526. The summed E-state index contributed by atoms with van der Waals surface area (Å²) in [5, 5.41) is 20.3. The molecular formula is C19H26N2O5. The van der Waals surface area contributed by atoms with E-state index in [1.165, 1.54) is 0 Å². The van der Waals surface area contributed by atoms with Gasteiger partial charge in [-0.25, -0.2) is 4.79 Å². The summed E-state index contributed by atoms with van der Waals surface area (Å²) in [7, 11) is 0. The molecule has 1 heterocycles. The third kappa shape index (κ3) is 6.06. The topological polar surface area (TPSA) is 107 Å². The van der Waals surface area contributed by atoms with E-state index in [1.54, 1.807) is 17.0 Å². The SMILES string of the molecule is O=C(O)CCCCCCC1C(=O)NC(=O)N1CCCc1ccc(O)cc1. The summed E-state index contributed by atoms with van der Waals surface area (Å²) < 4.78 is 0. The van der Waals surface area contributed by atoms with Crippen molar-refractivity contribution >= 4 is 17.9 Å². The van der Waals surface area contributed by atoms with Crippen LogP contribution in [0.3, 0.4) is 0 Å². The van der Waals surface area contributed by atoms with E-state index in [2.05, 4.69) is 5.32 Å². The number of aryl methyl sites for hydroxylation is 1. The summed E-state index contributed by atoms with van der Waals surface area (Å²) in [6.45, 7) is 0.502. The second kappa shape index (κ2) is 9.79. The van der Waals surface area contributed by atoms with Crippen LogP contribution in [0.4, 0.5) is 4.79 Å². The van der Waals surface area contributed by atoms with Crippen LogP contribution in [-0.4, -0.2) is 45.6 Å². The van der Waals surface area contributed by atoms with Crippen molar-refractivity contribution in [3.05, 3.63) is 29.8 Å². The molecule has 3 N–H and O–H groups in total. The molecule has 0 aliphatic carbocycles. The lowest BCUT2D eigenvalue weighted by Gasteiger charge is -2.21. The van der Waals surface area contributed by atoms with Crippen molar-refractivity contribution in [2.24, 2.45) is 0 Å². The fourth-order valence-corrected chi connectivity index (χ4v) is 3.17. The van der Waals surface area contributed by atoms with Crippen molar-refractivity contribution in [1.29, 1.82) is 0 Å². The summed E-state index contributed by atoms with van der Waals surface area (Å²) in [5.74, 6) is -0.808. The monoisotopic (exact) mass is 362 g/mol. The smallest absolute Gasteiger partial charge is 0.324 e. The number of carbonyl (C=O) groups excluding carboxylic acids is 2. The first-order chi connectivity index (χ1) is 12.5. The molecule has 2 rings (SSSR count). The number of benzene rings is 1. The summed E-state index contributed by atoms with van der Waals surface area (Å²) in [6, 6.07) is 6.19. The van der Waals surface area contributed by atoms with Gasteiger partial charge in [-0.3, -0.25) is 14.9 Å². The number of hydrogen-bond donors (Lipinski definition) is 3. The maximum atomic E-state index is 12.0. The number of carboxylic acids is 1. The molecule has 1 unspecified atom stereocenters. The van der Waals surface area contributed by atoms with Crippen molar-refractivity contribution < 1.29 is 24.6 Å². The van der Waals surface area contributed by atoms with Crippen LogP contribution in [0.5, 0.6) is 5.75 Å². The van der Waals surface area contributed by atoms with Gasteiger partial charge in [-0.1, -0.05) is 31.4 Å². The third-order valence-corrected chi connectivity index (χ3v) is 4.59. The molecule has 0 aromatic heterocycles.